The molecule has 0 spiro atoms. The predicted molar refractivity (Wildman–Crippen MR) is 99.6 cm³/mol. The molecule has 0 fully saturated rings. The van der Waals surface area contributed by atoms with E-state index in [9.17, 15) is 10.2 Å². The Kier molecular flexibility index (Phi) is 3.78. The standard InChI is InChI=1S/C20H25N3O2/c1-19(2,3)12-11-13(20(4,5)6)18(25)16(17(12)24)23-21-14-9-7-8-10-15(14)22-23/h7-11,24-25H,1-6H3. The second kappa shape index (κ2) is 5.48. The number of fused-ring (bicyclic) bond motifs is 1. The lowest BCUT2D eigenvalue weighted by Gasteiger charge is -2.28. The van der Waals surface area contributed by atoms with Gasteiger partial charge in [-0.25, -0.2) is 0 Å². The number of rotatable bonds is 1. The minimum absolute atomic E-state index is 0.0123. The highest BCUT2D eigenvalue weighted by Gasteiger charge is 2.30. The Bertz CT molecular complexity index is 873. The van der Waals surface area contributed by atoms with Gasteiger partial charge in [-0.2, -0.15) is 0 Å². The maximum absolute atomic E-state index is 10.9. The maximum Gasteiger partial charge on any atom is 0.169 e. The van der Waals surface area contributed by atoms with Crippen LogP contribution in [0.4, 0.5) is 0 Å². The average Bonchev–Trinajstić information content (AvgIpc) is 2.87. The van der Waals surface area contributed by atoms with Gasteiger partial charge in [0.15, 0.2) is 17.2 Å². The zero-order valence-electron chi connectivity index (χ0n) is 15.6. The van der Waals surface area contributed by atoms with E-state index in [1.807, 2.05) is 71.9 Å². The number of benzene rings is 2. The largest absolute Gasteiger partial charge is 0.505 e. The molecule has 0 amide bonds. The molecule has 2 N–H and O–H groups in total. The van der Waals surface area contributed by atoms with Gasteiger partial charge in [0.05, 0.1) is 0 Å². The molecule has 0 aliphatic rings. The first-order chi connectivity index (χ1) is 11.5. The van der Waals surface area contributed by atoms with Crippen LogP contribution in [0.3, 0.4) is 0 Å². The Morgan fingerprint density at radius 1 is 0.760 bits per heavy atom. The van der Waals surface area contributed by atoms with Gasteiger partial charge in [-0.1, -0.05) is 53.7 Å². The molecule has 0 radical (unpaired) electrons. The fraction of sp³-hybridized carbons (Fsp3) is 0.400. The van der Waals surface area contributed by atoms with Gasteiger partial charge in [-0.3, -0.25) is 0 Å². The number of hydrogen-bond donors (Lipinski definition) is 2. The number of hydrogen-bond acceptors (Lipinski definition) is 4. The zero-order chi connectivity index (χ0) is 18.6. The van der Waals surface area contributed by atoms with Crippen molar-refractivity contribution in [2.45, 2.75) is 52.4 Å². The van der Waals surface area contributed by atoms with Crippen LogP contribution in [0.25, 0.3) is 16.7 Å². The summed E-state index contributed by atoms with van der Waals surface area (Å²) in [6.45, 7) is 12.2. The fourth-order valence-electron chi connectivity index (χ4n) is 2.94. The third kappa shape index (κ3) is 2.95. The van der Waals surface area contributed by atoms with Crippen molar-refractivity contribution in [3.8, 4) is 17.2 Å². The number of aromatic hydroxyl groups is 2. The van der Waals surface area contributed by atoms with E-state index in [1.165, 1.54) is 4.80 Å². The summed E-state index contributed by atoms with van der Waals surface area (Å²) >= 11 is 0. The van der Waals surface area contributed by atoms with E-state index in [2.05, 4.69) is 10.2 Å². The van der Waals surface area contributed by atoms with Crippen molar-refractivity contribution >= 4 is 11.0 Å². The summed E-state index contributed by atoms with van der Waals surface area (Å²) in [6.07, 6.45) is 0. The summed E-state index contributed by atoms with van der Waals surface area (Å²) in [5.74, 6) is 0.0246. The zero-order valence-corrected chi connectivity index (χ0v) is 15.6. The quantitative estimate of drug-likeness (QED) is 0.688. The molecule has 0 aliphatic carbocycles. The van der Waals surface area contributed by atoms with Gasteiger partial charge in [-0.15, -0.1) is 15.0 Å². The van der Waals surface area contributed by atoms with E-state index in [0.29, 0.717) is 11.0 Å². The normalized spacial score (nSPS) is 12.7. The van der Waals surface area contributed by atoms with Gasteiger partial charge in [0, 0.05) is 11.1 Å². The highest BCUT2D eigenvalue weighted by Crippen LogP contribution is 2.45. The smallest absolute Gasteiger partial charge is 0.169 e. The summed E-state index contributed by atoms with van der Waals surface area (Å²) in [5.41, 5.74) is 2.57. The fourth-order valence-corrected chi connectivity index (χ4v) is 2.94. The highest BCUT2D eigenvalue weighted by atomic mass is 16.3. The van der Waals surface area contributed by atoms with E-state index >= 15 is 0 Å². The third-order valence-electron chi connectivity index (χ3n) is 4.35. The molecule has 132 valence electrons. The van der Waals surface area contributed by atoms with Gasteiger partial charge >= 0.3 is 0 Å². The lowest BCUT2D eigenvalue weighted by atomic mass is 9.79. The molecule has 0 atom stereocenters. The Morgan fingerprint density at radius 3 is 1.52 bits per heavy atom. The average molecular weight is 339 g/mol. The van der Waals surface area contributed by atoms with Crippen LogP contribution < -0.4 is 0 Å². The molecule has 3 aromatic rings. The van der Waals surface area contributed by atoms with Crippen molar-refractivity contribution in [2.75, 3.05) is 0 Å². The molecule has 2 aromatic carbocycles. The molecule has 5 heteroatoms. The maximum atomic E-state index is 10.9. The molecule has 0 aliphatic heterocycles. The lowest BCUT2D eigenvalue weighted by Crippen LogP contribution is -2.18. The van der Waals surface area contributed by atoms with E-state index in [4.69, 9.17) is 0 Å². The van der Waals surface area contributed by atoms with Crippen molar-refractivity contribution in [2.24, 2.45) is 0 Å². The molecule has 25 heavy (non-hydrogen) atoms. The van der Waals surface area contributed by atoms with Crippen LogP contribution in [-0.2, 0) is 10.8 Å². The monoisotopic (exact) mass is 339 g/mol. The molecule has 5 nitrogen and oxygen atoms in total. The second-order valence-corrected chi connectivity index (χ2v) is 8.50. The van der Waals surface area contributed by atoms with Crippen molar-refractivity contribution in [3.05, 3.63) is 41.5 Å². The summed E-state index contributed by atoms with van der Waals surface area (Å²) in [4.78, 5) is 1.33. The van der Waals surface area contributed by atoms with Crippen molar-refractivity contribution in [1.29, 1.82) is 0 Å². The summed E-state index contributed by atoms with van der Waals surface area (Å²) in [7, 11) is 0. The minimum atomic E-state index is -0.293. The molecule has 0 saturated carbocycles. The van der Waals surface area contributed by atoms with Gasteiger partial charge in [-0.05, 0) is 29.0 Å². The van der Waals surface area contributed by atoms with Gasteiger partial charge in [0.25, 0.3) is 0 Å². The SMILES string of the molecule is CC(C)(C)c1cc(C(C)(C)C)c(O)c(-n2nc3ccccc3n2)c1O. The first-order valence-corrected chi connectivity index (χ1v) is 8.42. The molecule has 0 bridgehead atoms. The van der Waals surface area contributed by atoms with E-state index in [-0.39, 0.29) is 28.0 Å². The Labute approximate surface area is 147 Å². The van der Waals surface area contributed by atoms with Crippen LogP contribution in [0, 0.1) is 0 Å². The van der Waals surface area contributed by atoms with Crippen LogP contribution >= 0.6 is 0 Å². The molecule has 1 aromatic heterocycles. The van der Waals surface area contributed by atoms with Crippen LogP contribution in [0.15, 0.2) is 30.3 Å². The van der Waals surface area contributed by atoms with Crippen molar-refractivity contribution in [3.63, 3.8) is 0 Å². The first-order valence-electron chi connectivity index (χ1n) is 8.42. The Hall–Kier alpha value is -2.56. The summed E-state index contributed by atoms with van der Waals surface area (Å²) in [5, 5.41) is 30.7. The molecule has 0 unspecified atom stereocenters. The van der Waals surface area contributed by atoms with Gasteiger partial charge in [0.1, 0.15) is 11.0 Å². The lowest BCUT2D eigenvalue weighted by molar-refractivity contribution is 0.408. The van der Waals surface area contributed by atoms with E-state index in [1.54, 1.807) is 0 Å². The first kappa shape index (κ1) is 17.3. The topological polar surface area (TPSA) is 71.2 Å². The molecule has 1 heterocycles. The minimum Gasteiger partial charge on any atom is -0.505 e. The number of aromatic nitrogens is 3. The van der Waals surface area contributed by atoms with Crippen LogP contribution in [0.5, 0.6) is 11.5 Å². The molecular weight excluding hydrogens is 314 g/mol. The van der Waals surface area contributed by atoms with E-state index in [0.717, 1.165) is 11.1 Å². The van der Waals surface area contributed by atoms with Crippen LogP contribution in [-0.4, -0.2) is 25.2 Å². The van der Waals surface area contributed by atoms with Crippen LogP contribution in [0.2, 0.25) is 0 Å². The summed E-state index contributed by atoms with van der Waals surface area (Å²) < 4.78 is 0. The van der Waals surface area contributed by atoms with Crippen molar-refractivity contribution < 1.29 is 10.2 Å². The predicted octanol–water partition coefficient (Wildman–Crippen LogP) is 4.43. The number of phenols is 2. The number of phenolic OH excluding ortho intramolecular Hbond substituents is 2. The van der Waals surface area contributed by atoms with Crippen molar-refractivity contribution in [1.82, 2.24) is 15.0 Å². The summed E-state index contributed by atoms with van der Waals surface area (Å²) in [6, 6.07) is 9.36. The Morgan fingerprint density at radius 2 is 1.16 bits per heavy atom. The third-order valence-corrected chi connectivity index (χ3v) is 4.35. The molecule has 3 rings (SSSR count). The van der Waals surface area contributed by atoms with Gasteiger partial charge < -0.3 is 10.2 Å². The molecular formula is C20H25N3O2. The van der Waals surface area contributed by atoms with E-state index < -0.39 is 0 Å². The van der Waals surface area contributed by atoms with Gasteiger partial charge in [0.2, 0.25) is 0 Å². The molecule has 0 saturated heterocycles. The highest BCUT2D eigenvalue weighted by molar-refractivity contribution is 5.74. The number of nitrogens with zero attached hydrogens (tertiary/aromatic N) is 3. The Balaban J connectivity index is 2.38. The second-order valence-electron chi connectivity index (χ2n) is 8.50. The van der Waals surface area contributed by atoms with Crippen LogP contribution in [0.1, 0.15) is 52.7 Å².